The fourth-order valence-electron chi connectivity index (χ4n) is 1.30. The largest absolute Gasteiger partial charge is 0.480 e. The number of amides is 1. The first-order chi connectivity index (χ1) is 9.95. The maximum Gasteiger partial charge on any atom is 0.322 e. The molecule has 0 fully saturated rings. The lowest BCUT2D eigenvalue weighted by Crippen LogP contribution is -2.30. The van der Waals surface area contributed by atoms with Gasteiger partial charge in [0.1, 0.15) is 23.9 Å². The van der Waals surface area contributed by atoms with Crippen LogP contribution in [0.1, 0.15) is 0 Å². The minimum absolute atomic E-state index is 0.0984. The van der Waals surface area contributed by atoms with Gasteiger partial charge in [0.25, 0.3) is 11.6 Å². The number of hydrogen-bond acceptors (Lipinski definition) is 6. The molecule has 0 aromatic heterocycles. The van der Waals surface area contributed by atoms with E-state index in [2.05, 4.69) is 5.32 Å². The number of para-hydroxylation sites is 2. The van der Waals surface area contributed by atoms with Gasteiger partial charge in [-0.2, -0.15) is 5.26 Å². The molecule has 0 radical (unpaired) electrons. The number of nitro benzene ring substituents is 1. The van der Waals surface area contributed by atoms with Gasteiger partial charge in [0, 0.05) is 12.3 Å². The third-order valence-electron chi connectivity index (χ3n) is 2.24. The van der Waals surface area contributed by atoms with Gasteiger partial charge in [-0.15, -0.1) is 0 Å². The molecular weight excluding hydrogens is 280 g/mol. The van der Waals surface area contributed by atoms with Crippen LogP contribution in [-0.2, 0) is 9.59 Å². The molecule has 0 saturated carbocycles. The number of anilines is 1. The van der Waals surface area contributed by atoms with E-state index in [-0.39, 0.29) is 11.4 Å². The molecule has 0 aliphatic rings. The second kappa shape index (κ2) is 7.25. The molecule has 0 heterocycles. The van der Waals surface area contributed by atoms with E-state index in [9.17, 15) is 19.7 Å². The Morgan fingerprint density at radius 1 is 1.43 bits per heavy atom. The Kier molecular flexibility index (Phi) is 5.40. The molecule has 0 spiro atoms. The summed E-state index contributed by atoms with van der Waals surface area (Å²) in [6.07, 6.45) is 0.972. The minimum atomic E-state index is -1.26. The van der Waals surface area contributed by atoms with E-state index in [1.165, 1.54) is 18.2 Å². The second-order valence-electron chi connectivity index (χ2n) is 3.66. The summed E-state index contributed by atoms with van der Waals surface area (Å²) in [7, 11) is 0. The van der Waals surface area contributed by atoms with Crippen LogP contribution >= 0.6 is 0 Å². The lowest BCUT2D eigenvalue weighted by molar-refractivity contribution is -0.383. The van der Waals surface area contributed by atoms with Crippen molar-refractivity contribution in [2.45, 2.75) is 0 Å². The number of nitrogens with one attached hydrogen (secondary N) is 2. The van der Waals surface area contributed by atoms with Gasteiger partial charge in [0.15, 0.2) is 0 Å². The zero-order valence-corrected chi connectivity index (χ0v) is 10.6. The molecule has 3 N–H and O–H groups in total. The molecule has 0 aliphatic heterocycles. The van der Waals surface area contributed by atoms with E-state index in [1.807, 2.05) is 5.32 Å². The van der Waals surface area contributed by atoms with Gasteiger partial charge in [-0.3, -0.25) is 19.7 Å². The Labute approximate surface area is 118 Å². The zero-order chi connectivity index (χ0) is 15.8. The normalized spacial score (nSPS) is 10.3. The molecule has 0 saturated heterocycles. The summed E-state index contributed by atoms with van der Waals surface area (Å²) in [5, 5.41) is 32.5. The predicted molar refractivity (Wildman–Crippen MR) is 71.1 cm³/mol. The smallest absolute Gasteiger partial charge is 0.322 e. The van der Waals surface area contributed by atoms with E-state index in [1.54, 1.807) is 12.1 Å². The van der Waals surface area contributed by atoms with Crippen LogP contribution in [0.15, 0.2) is 36.0 Å². The van der Waals surface area contributed by atoms with Crippen LogP contribution in [0.3, 0.4) is 0 Å². The van der Waals surface area contributed by atoms with Crippen molar-refractivity contribution in [3.63, 3.8) is 0 Å². The zero-order valence-electron chi connectivity index (χ0n) is 10.6. The molecule has 9 nitrogen and oxygen atoms in total. The van der Waals surface area contributed by atoms with Crippen molar-refractivity contribution in [1.82, 2.24) is 5.32 Å². The molecule has 108 valence electrons. The van der Waals surface area contributed by atoms with E-state index in [0.29, 0.717) is 0 Å². The van der Waals surface area contributed by atoms with Crippen LogP contribution in [0, 0.1) is 21.4 Å². The molecule has 1 aromatic rings. The highest BCUT2D eigenvalue weighted by molar-refractivity contribution is 5.98. The molecule has 1 amide bonds. The van der Waals surface area contributed by atoms with Crippen LogP contribution in [0.2, 0.25) is 0 Å². The number of rotatable bonds is 6. The number of carbonyl (C=O) groups is 2. The van der Waals surface area contributed by atoms with E-state index in [0.717, 1.165) is 6.20 Å². The topological polar surface area (TPSA) is 145 Å². The van der Waals surface area contributed by atoms with Crippen molar-refractivity contribution in [2.75, 3.05) is 11.9 Å². The molecule has 1 rings (SSSR count). The fraction of sp³-hybridized carbons (Fsp3) is 0.0833. The standard InChI is InChI=1S/C12H10N4O5/c13-5-8(12(19)15-7-11(17)18)6-14-9-3-1-2-4-10(9)16(20)21/h1-4,6,14H,7H2,(H,15,19)(H,17,18)/b8-6-. The molecule has 0 bridgehead atoms. The summed E-state index contributed by atoms with van der Waals surface area (Å²) < 4.78 is 0. The minimum Gasteiger partial charge on any atom is -0.480 e. The Bertz CT molecular complexity index is 647. The van der Waals surface area contributed by atoms with Crippen molar-refractivity contribution in [3.05, 3.63) is 46.2 Å². The van der Waals surface area contributed by atoms with E-state index in [4.69, 9.17) is 10.4 Å². The number of nitro groups is 1. The molecule has 9 heteroatoms. The maximum atomic E-state index is 11.5. The van der Waals surface area contributed by atoms with Gasteiger partial charge >= 0.3 is 5.97 Å². The highest BCUT2D eigenvalue weighted by atomic mass is 16.6. The van der Waals surface area contributed by atoms with Gasteiger partial charge < -0.3 is 15.7 Å². The SMILES string of the molecule is N#C/C(=C/Nc1ccccc1[N+](=O)[O-])C(=O)NCC(=O)O. The number of carbonyl (C=O) groups excluding carboxylic acids is 1. The number of hydrogen-bond donors (Lipinski definition) is 3. The number of carboxylic acid groups (broad SMARTS) is 1. The van der Waals surface area contributed by atoms with Gasteiger partial charge in [-0.05, 0) is 6.07 Å². The quantitative estimate of drug-likeness (QED) is 0.301. The molecule has 0 aliphatic carbocycles. The van der Waals surface area contributed by atoms with Crippen LogP contribution in [0.25, 0.3) is 0 Å². The van der Waals surface area contributed by atoms with Crippen molar-refractivity contribution in [1.29, 1.82) is 5.26 Å². The monoisotopic (exact) mass is 290 g/mol. The lowest BCUT2D eigenvalue weighted by Gasteiger charge is -2.04. The van der Waals surface area contributed by atoms with Gasteiger partial charge in [0.2, 0.25) is 0 Å². The Morgan fingerprint density at radius 2 is 2.10 bits per heavy atom. The van der Waals surface area contributed by atoms with E-state index < -0.39 is 28.9 Å². The van der Waals surface area contributed by atoms with Crippen molar-refractivity contribution < 1.29 is 19.6 Å². The molecular formula is C12H10N4O5. The third kappa shape index (κ3) is 4.64. The Balaban J connectivity index is 2.87. The van der Waals surface area contributed by atoms with Gasteiger partial charge in [-0.25, -0.2) is 0 Å². The van der Waals surface area contributed by atoms with Gasteiger partial charge in [-0.1, -0.05) is 12.1 Å². The summed E-state index contributed by atoms with van der Waals surface area (Å²) in [4.78, 5) is 31.9. The van der Waals surface area contributed by atoms with Crippen LogP contribution in [0.5, 0.6) is 0 Å². The van der Waals surface area contributed by atoms with Crippen molar-refractivity contribution in [3.8, 4) is 6.07 Å². The van der Waals surface area contributed by atoms with Crippen LogP contribution < -0.4 is 10.6 Å². The molecule has 0 atom stereocenters. The first kappa shape index (κ1) is 15.6. The summed E-state index contributed by atoms with van der Waals surface area (Å²) in [5.74, 6) is -2.15. The number of carboxylic acids is 1. The number of benzene rings is 1. The number of nitriles is 1. The Morgan fingerprint density at radius 3 is 2.67 bits per heavy atom. The first-order valence-corrected chi connectivity index (χ1v) is 5.56. The predicted octanol–water partition coefficient (Wildman–Crippen LogP) is 0.615. The summed E-state index contributed by atoms with van der Waals surface area (Å²) >= 11 is 0. The maximum absolute atomic E-state index is 11.5. The molecule has 1 aromatic carbocycles. The second-order valence-corrected chi connectivity index (χ2v) is 3.66. The third-order valence-corrected chi connectivity index (χ3v) is 2.24. The molecule has 21 heavy (non-hydrogen) atoms. The Hall–Kier alpha value is -3.41. The number of aliphatic carboxylic acids is 1. The molecule has 0 unspecified atom stereocenters. The van der Waals surface area contributed by atoms with Crippen LogP contribution in [0.4, 0.5) is 11.4 Å². The average molecular weight is 290 g/mol. The summed E-state index contributed by atoms with van der Waals surface area (Å²) in [6, 6.07) is 7.24. The van der Waals surface area contributed by atoms with E-state index >= 15 is 0 Å². The highest BCUT2D eigenvalue weighted by Crippen LogP contribution is 2.23. The van der Waals surface area contributed by atoms with Gasteiger partial charge in [0.05, 0.1) is 4.92 Å². The lowest BCUT2D eigenvalue weighted by atomic mass is 10.2. The van der Waals surface area contributed by atoms with Crippen LogP contribution in [-0.4, -0.2) is 28.5 Å². The average Bonchev–Trinajstić information content (AvgIpc) is 2.45. The fourth-order valence-corrected chi connectivity index (χ4v) is 1.30. The summed E-state index contributed by atoms with van der Waals surface area (Å²) in [5.41, 5.74) is -0.535. The first-order valence-electron chi connectivity index (χ1n) is 5.56. The highest BCUT2D eigenvalue weighted by Gasteiger charge is 2.13. The summed E-state index contributed by atoms with van der Waals surface area (Å²) in [6.45, 7) is -0.636. The van der Waals surface area contributed by atoms with Crippen molar-refractivity contribution in [2.24, 2.45) is 0 Å². The van der Waals surface area contributed by atoms with Crippen molar-refractivity contribution >= 4 is 23.3 Å². The number of nitrogens with zero attached hydrogens (tertiary/aromatic N) is 2.